The number of nitrogens with one attached hydrogen (secondary N) is 1. The zero-order chi connectivity index (χ0) is 14.8. The van der Waals surface area contributed by atoms with E-state index in [0.717, 1.165) is 30.3 Å². The number of carbonyl (C=O) groups is 1. The van der Waals surface area contributed by atoms with Crippen molar-refractivity contribution in [2.45, 2.75) is 64.5 Å². The maximum atomic E-state index is 11.9. The van der Waals surface area contributed by atoms with Crippen LogP contribution in [0.1, 0.15) is 63.0 Å². The summed E-state index contributed by atoms with van der Waals surface area (Å²) in [4.78, 5) is 22.9. The predicted molar refractivity (Wildman–Crippen MR) is 82.0 cm³/mol. The fourth-order valence-electron chi connectivity index (χ4n) is 3.31. The molecule has 1 saturated heterocycles. The molecule has 1 amide bonds. The van der Waals surface area contributed by atoms with Gasteiger partial charge < -0.3 is 10.2 Å². The van der Waals surface area contributed by atoms with Crippen LogP contribution in [-0.2, 0) is 4.79 Å². The molecular formula is C16H24N4O. The number of rotatable bonds is 4. The third kappa shape index (κ3) is 3.01. The van der Waals surface area contributed by atoms with E-state index in [9.17, 15) is 4.79 Å². The molecular weight excluding hydrogens is 264 g/mol. The van der Waals surface area contributed by atoms with Gasteiger partial charge in [-0.15, -0.1) is 0 Å². The molecule has 0 radical (unpaired) electrons. The number of hydrogen-bond acceptors (Lipinski definition) is 4. The molecule has 3 rings (SSSR count). The summed E-state index contributed by atoms with van der Waals surface area (Å²) < 4.78 is 0. The molecule has 0 aromatic carbocycles. The number of likely N-dealkylation sites (tertiary alicyclic amines) is 1. The SMILES string of the molecule is CCC(=O)N1CCC1c1cc(NC2CCCC2)nc(C)n1. The van der Waals surface area contributed by atoms with Gasteiger partial charge in [0.05, 0.1) is 11.7 Å². The van der Waals surface area contributed by atoms with E-state index in [1.54, 1.807) is 0 Å². The third-order valence-corrected chi connectivity index (χ3v) is 4.55. The minimum Gasteiger partial charge on any atom is -0.367 e. The smallest absolute Gasteiger partial charge is 0.222 e. The largest absolute Gasteiger partial charge is 0.367 e. The van der Waals surface area contributed by atoms with E-state index in [4.69, 9.17) is 0 Å². The first-order chi connectivity index (χ1) is 10.2. The second-order valence-corrected chi connectivity index (χ2v) is 6.10. The highest BCUT2D eigenvalue weighted by Gasteiger charge is 2.33. The number of aryl methyl sites for hydroxylation is 1. The van der Waals surface area contributed by atoms with Crippen molar-refractivity contribution in [1.82, 2.24) is 14.9 Å². The van der Waals surface area contributed by atoms with Crippen LogP contribution < -0.4 is 5.32 Å². The van der Waals surface area contributed by atoms with Gasteiger partial charge >= 0.3 is 0 Å². The van der Waals surface area contributed by atoms with Crippen molar-refractivity contribution < 1.29 is 4.79 Å². The molecule has 2 heterocycles. The van der Waals surface area contributed by atoms with Crippen LogP contribution in [0.5, 0.6) is 0 Å². The predicted octanol–water partition coefficient (Wildman–Crippen LogP) is 2.82. The monoisotopic (exact) mass is 288 g/mol. The minimum atomic E-state index is 0.142. The van der Waals surface area contributed by atoms with E-state index < -0.39 is 0 Å². The molecule has 5 nitrogen and oxygen atoms in total. The second-order valence-electron chi connectivity index (χ2n) is 6.10. The lowest BCUT2D eigenvalue weighted by Crippen LogP contribution is -2.45. The fraction of sp³-hybridized carbons (Fsp3) is 0.688. The van der Waals surface area contributed by atoms with Gasteiger partial charge in [-0.2, -0.15) is 0 Å². The Labute approximate surface area is 126 Å². The van der Waals surface area contributed by atoms with E-state index in [2.05, 4.69) is 15.3 Å². The van der Waals surface area contributed by atoms with Crippen LogP contribution in [0.15, 0.2) is 6.07 Å². The maximum absolute atomic E-state index is 11.9. The van der Waals surface area contributed by atoms with Gasteiger partial charge in [-0.05, 0) is 26.2 Å². The molecule has 1 saturated carbocycles. The Morgan fingerprint density at radius 3 is 2.71 bits per heavy atom. The lowest BCUT2D eigenvalue weighted by Gasteiger charge is -2.40. The van der Waals surface area contributed by atoms with E-state index in [1.807, 2.05) is 24.8 Å². The summed E-state index contributed by atoms with van der Waals surface area (Å²) in [5.41, 5.74) is 0.982. The summed E-state index contributed by atoms with van der Waals surface area (Å²) in [6.07, 6.45) is 6.62. The number of nitrogens with zero attached hydrogens (tertiary/aromatic N) is 3. The minimum absolute atomic E-state index is 0.142. The Morgan fingerprint density at radius 2 is 2.10 bits per heavy atom. The van der Waals surface area contributed by atoms with Gasteiger partial charge in [-0.3, -0.25) is 4.79 Å². The van der Waals surface area contributed by atoms with E-state index in [-0.39, 0.29) is 11.9 Å². The van der Waals surface area contributed by atoms with Gasteiger partial charge in [-0.25, -0.2) is 9.97 Å². The van der Waals surface area contributed by atoms with Gasteiger partial charge in [-0.1, -0.05) is 19.8 Å². The van der Waals surface area contributed by atoms with Crippen LogP contribution in [0.25, 0.3) is 0 Å². The standard InChI is InChI=1S/C16H24N4O/c1-3-16(21)20-9-8-14(20)13-10-15(18-11(2)17-13)19-12-6-4-5-7-12/h10,12,14H,3-9H2,1-2H3,(H,17,18,19). The molecule has 1 aliphatic carbocycles. The first-order valence-electron chi connectivity index (χ1n) is 8.09. The van der Waals surface area contributed by atoms with Crippen LogP contribution in [-0.4, -0.2) is 33.4 Å². The Balaban J connectivity index is 1.76. The molecule has 0 bridgehead atoms. The summed E-state index contributed by atoms with van der Waals surface area (Å²) in [7, 11) is 0. The van der Waals surface area contributed by atoms with E-state index >= 15 is 0 Å². The van der Waals surface area contributed by atoms with E-state index in [0.29, 0.717) is 12.5 Å². The topological polar surface area (TPSA) is 58.1 Å². The Kier molecular flexibility index (Phi) is 4.08. The van der Waals surface area contributed by atoms with Gasteiger partial charge in [0.25, 0.3) is 0 Å². The second kappa shape index (κ2) is 6.00. The van der Waals surface area contributed by atoms with Gasteiger partial charge in [0, 0.05) is 25.1 Å². The Morgan fingerprint density at radius 1 is 1.33 bits per heavy atom. The molecule has 1 atom stereocenters. The number of aromatic nitrogens is 2. The lowest BCUT2D eigenvalue weighted by molar-refractivity contribution is -0.138. The third-order valence-electron chi connectivity index (χ3n) is 4.55. The molecule has 0 spiro atoms. The molecule has 1 aromatic rings. The normalized spacial score (nSPS) is 22.2. The molecule has 1 aromatic heterocycles. The molecule has 114 valence electrons. The molecule has 2 fully saturated rings. The number of carbonyl (C=O) groups excluding carboxylic acids is 1. The summed E-state index contributed by atoms with van der Waals surface area (Å²) in [6.45, 7) is 4.69. The van der Waals surface area contributed by atoms with Crippen molar-refractivity contribution >= 4 is 11.7 Å². The average Bonchev–Trinajstić information content (AvgIpc) is 2.89. The molecule has 21 heavy (non-hydrogen) atoms. The van der Waals surface area contributed by atoms with Crippen molar-refractivity contribution in [2.24, 2.45) is 0 Å². The summed E-state index contributed by atoms with van der Waals surface area (Å²) in [6, 6.07) is 2.72. The molecule has 5 heteroatoms. The fourth-order valence-corrected chi connectivity index (χ4v) is 3.31. The van der Waals surface area contributed by atoms with Gasteiger partial charge in [0.2, 0.25) is 5.91 Å². The van der Waals surface area contributed by atoms with Crippen LogP contribution in [0.4, 0.5) is 5.82 Å². The highest BCUT2D eigenvalue weighted by atomic mass is 16.2. The van der Waals surface area contributed by atoms with Crippen molar-refractivity contribution in [3.8, 4) is 0 Å². The molecule has 1 unspecified atom stereocenters. The summed E-state index contributed by atoms with van der Waals surface area (Å²) in [5.74, 6) is 1.91. The van der Waals surface area contributed by atoms with Crippen LogP contribution in [0.2, 0.25) is 0 Å². The van der Waals surface area contributed by atoms with Crippen LogP contribution in [0, 0.1) is 6.92 Å². The van der Waals surface area contributed by atoms with E-state index in [1.165, 1.54) is 25.7 Å². The van der Waals surface area contributed by atoms with Crippen LogP contribution >= 0.6 is 0 Å². The summed E-state index contributed by atoms with van der Waals surface area (Å²) >= 11 is 0. The van der Waals surface area contributed by atoms with Crippen LogP contribution in [0.3, 0.4) is 0 Å². The van der Waals surface area contributed by atoms with Gasteiger partial charge in [0.15, 0.2) is 0 Å². The number of amides is 1. The average molecular weight is 288 g/mol. The maximum Gasteiger partial charge on any atom is 0.222 e. The highest BCUT2D eigenvalue weighted by Crippen LogP contribution is 2.33. The zero-order valence-corrected chi connectivity index (χ0v) is 12.9. The Bertz CT molecular complexity index is 525. The van der Waals surface area contributed by atoms with Crippen molar-refractivity contribution in [3.05, 3.63) is 17.6 Å². The number of anilines is 1. The van der Waals surface area contributed by atoms with Crippen molar-refractivity contribution in [1.29, 1.82) is 0 Å². The zero-order valence-electron chi connectivity index (χ0n) is 12.9. The van der Waals surface area contributed by atoms with Crippen molar-refractivity contribution in [2.75, 3.05) is 11.9 Å². The Hall–Kier alpha value is -1.65. The van der Waals surface area contributed by atoms with Gasteiger partial charge in [0.1, 0.15) is 11.6 Å². The highest BCUT2D eigenvalue weighted by molar-refractivity contribution is 5.77. The lowest BCUT2D eigenvalue weighted by atomic mass is 9.98. The first-order valence-corrected chi connectivity index (χ1v) is 8.09. The molecule has 1 aliphatic heterocycles. The molecule has 1 N–H and O–H groups in total. The summed E-state index contributed by atoms with van der Waals surface area (Å²) in [5, 5.41) is 3.53. The first kappa shape index (κ1) is 14.3. The molecule has 2 aliphatic rings. The quantitative estimate of drug-likeness (QED) is 0.925. The van der Waals surface area contributed by atoms with Crippen molar-refractivity contribution in [3.63, 3.8) is 0 Å². The number of hydrogen-bond donors (Lipinski definition) is 1.